The average molecular weight is 550 g/mol. The molecule has 31 heavy (non-hydrogen) atoms. The van der Waals surface area contributed by atoms with Crippen molar-refractivity contribution in [3.8, 4) is 5.75 Å². The molecule has 0 atom stereocenters. The molecule has 2 rings (SSSR count). The summed E-state index contributed by atoms with van der Waals surface area (Å²) in [6.45, 7) is 2.18. The van der Waals surface area contributed by atoms with E-state index in [4.69, 9.17) is 4.74 Å². The van der Waals surface area contributed by atoms with Crippen molar-refractivity contribution < 1.29 is 17.9 Å². The summed E-state index contributed by atoms with van der Waals surface area (Å²) >= 11 is 0. The van der Waals surface area contributed by atoms with Gasteiger partial charge in [-0.2, -0.15) is 13.2 Å². The number of nitrogens with zero attached hydrogens (tertiary/aromatic N) is 2. The molecule has 0 heterocycles. The van der Waals surface area contributed by atoms with Gasteiger partial charge in [-0.05, 0) is 43.8 Å². The maximum atomic E-state index is 12.5. The Labute approximate surface area is 199 Å². The lowest BCUT2D eigenvalue weighted by atomic mass is 10.1. The van der Waals surface area contributed by atoms with Crippen LogP contribution in [0.4, 0.5) is 13.2 Å². The number of nitrogens with one attached hydrogen (secondary N) is 2. The van der Waals surface area contributed by atoms with Crippen LogP contribution in [-0.4, -0.2) is 44.8 Å². The molecule has 172 valence electrons. The minimum atomic E-state index is -4.38. The molecule has 0 aliphatic heterocycles. The quantitative estimate of drug-likeness (QED) is 0.289. The van der Waals surface area contributed by atoms with Crippen LogP contribution in [-0.2, 0) is 19.6 Å². The highest BCUT2D eigenvalue weighted by Crippen LogP contribution is 2.23. The smallest absolute Gasteiger partial charge is 0.422 e. The lowest BCUT2D eigenvalue weighted by molar-refractivity contribution is -0.153. The normalized spacial score (nSPS) is 11.8. The van der Waals surface area contributed by atoms with E-state index in [1.54, 1.807) is 19.2 Å². The summed E-state index contributed by atoms with van der Waals surface area (Å²) < 4.78 is 42.6. The molecule has 0 aliphatic rings. The molecular formula is C22H30F3IN4O. The third-order valence-electron chi connectivity index (χ3n) is 4.34. The Kier molecular flexibility index (Phi) is 11.1. The highest BCUT2D eigenvalue weighted by Gasteiger charge is 2.28. The Morgan fingerprint density at radius 2 is 1.61 bits per heavy atom. The lowest BCUT2D eigenvalue weighted by Gasteiger charge is -2.18. The van der Waals surface area contributed by atoms with Crippen molar-refractivity contribution in [2.45, 2.75) is 32.7 Å². The van der Waals surface area contributed by atoms with Gasteiger partial charge in [0.15, 0.2) is 12.6 Å². The summed E-state index contributed by atoms with van der Waals surface area (Å²) in [6.07, 6.45) is -4.38. The molecule has 2 N–H and O–H groups in total. The molecule has 0 saturated carbocycles. The molecule has 9 heteroatoms. The zero-order valence-corrected chi connectivity index (χ0v) is 20.5. The van der Waals surface area contributed by atoms with Gasteiger partial charge in [-0.15, -0.1) is 24.0 Å². The van der Waals surface area contributed by atoms with E-state index in [1.807, 2.05) is 39.2 Å². The Balaban J connectivity index is 0.00000480. The molecule has 0 saturated heterocycles. The third kappa shape index (κ3) is 9.77. The Bertz CT molecular complexity index is 857. The van der Waals surface area contributed by atoms with E-state index in [1.165, 1.54) is 5.56 Å². The number of benzene rings is 2. The molecule has 0 fully saturated rings. The second-order valence-corrected chi connectivity index (χ2v) is 7.30. The van der Waals surface area contributed by atoms with Crippen molar-refractivity contribution in [2.75, 3.05) is 27.7 Å². The Morgan fingerprint density at radius 1 is 1.00 bits per heavy atom. The molecule has 0 aliphatic carbocycles. The van der Waals surface area contributed by atoms with Crippen LogP contribution >= 0.6 is 24.0 Å². The number of aliphatic imine (C=N–C) groups is 1. The van der Waals surface area contributed by atoms with Crippen LogP contribution in [0.25, 0.3) is 0 Å². The molecule has 0 spiro atoms. The van der Waals surface area contributed by atoms with Gasteiger partial charge in [0.05, 0.1) is 0 Å². The van der Waals surface area contributed by atoms with Gasteiger partial charge in [0.1, 0.15) is 5.75 Å². The van der Waals surface area contributed by atoms with Crippen LogP contribution in [0.2, 0.25) is 0 Å². The van der Waals surface area contributed by atoms with Gasteiger partial charge in [0, 0.05) is 32.2 Å². The molecule has 0 radical (unpaired) electrons. The summed E-state index contributed by atoms with van der Waals surface area (Å²) in [4.78, 5) is 6.31. The number of hydrogen-bond acceptors (Lipinski definition) is 3. The molecule has 5 nitrogen and oxygen atoms in total. The predicted octanol–water partition coefficient (Wildman–Crippen LogP) is 4.48. The predicted molar refractivity (Wildman–Crippen MR) is 129 cm³/mol. The van der Waals surface area contributed by atoms with Gasteiger partial charge in [0.25, 0.3) is 0 Å². The first-order valence-corrected chi connectivity index (χ1v) is 9.63. The zero-order chi connectivity index (χ0) is 22.1. The van der Waals surface area contributed by atoms with Crippen molar-refractivity contribution in [3.63, 3.8) is 0 Å². The van der Waals surface area contributed by atoms with E-state index in [-0.39, 0.29) is 36.3 Å². The fourth-order valence-electron chi connectivity index (χ4n) is 2.91. The standard InChI is InChI=1S/C22H29F3N4O.HI/c1-16-9-10-18(20(11-16)30-15-22(23,24)25)13-28-21(26-2)27-12-17-7-5-6-8-19(17)14-29(3)4;/h5-11H,12-15H2,1-4H3,(H2,26,27,28);1H. The Morgan fingerprint density at radius 3 is 2.19 bits per heavy atom. The molecule has 0 aromatic heterocycles. The van der Waals surface area contributed by atoms with Gasteiger partial charge >= 0.3 is 6.18 Å². The van der Waals surface area contributed by atoms with E-state index in [0.29, 0.717) is 18.1 Å². The van der Waals surface area contributed by atoms with E-state index in [2.05, 4.69) is 32.7 Å². The first-order chi connectivity index (χ1) is 14.2. The minimum Gasteiger partial charge on any atom is -0.484 e. The number of ether oxygens (including phenoxy) is 1. The SMILES string of the molecule is CN=C(NCc1ccccc1CN(C)C)NCc1ccc(C)cc1OCC(F)(F)F.I. The molecule has 0 bridgehead atoms. The van der Waals surface area contributed by atoms with Crippen molar-refractivity contribution in [2.24, 2.45) is 4.99 Å². The number of rotatable bonds is 8. The van der Waals surface area contributed by atoms with E-state index < -0.39 is 12.8 Å². The van der Waals surface area contributed by atoms with Crippen LogP contribution < -0.4 is 15.4 Å². The molecule has 2 aromatic carbocycles. The van der Waals surface area contributed by atoms with Crippen molar-refractivity contribution in [3.05, 3.63) is 64.7 Å². The summed E-state index contributed by atoms with van der Waals surface area (Å²) in [7, 11) is 5.69. The van der Waals surface area contributed by atoms with Crippen molar-refractivity contribution >= 4 is 29.9 Å². The van der Waals surface area contributed by atoms with Gasteiger partial charge in [-0.25, -0.2) is 0 Å². The topological polar surface area (TPSA) is 48.9 Å². The van der Waals surface area contributed by atoms with E-state index in [0.717, 1.165) is 17.7 Å². The zero-order valence-electron chi connectivity index (χ0n) is 18.2. The van der Waals surface area contributed by atoms with Gasteiger partial charge in [-0.3, -0.25) is 4.99 Å². The maximum Gasteiger partial charge on any atom is 0.422 e. The van der Waals surface area contributed by atoms with Crippen LogP contribution in [0.5, 0.6) is 5.75 Å². The second-order valence-electron chi connectivity index (χ2n) is 7.30. The van der Waals surface area contributed by atoms with E-state index >= 15 is 0 Å². The van der Waals surface area contributed by atoms with E-state index in [9.17, 15) is 13.2 Å². The monoisotopic (exact) mass is 550 g/mol. The molecular weight excluding hydrogens is 520 g/mol. The number of halogens is 4. The Hall–Kier alpha value is -2.01. The van der Waals surface area contributed by atoms with Gasteiger partial charge in [-0.1, -0.05) is 36.4 Å². The first kappa shape index (κ1) is 27.0. The fourth-order valence-corrected chi connectivity index (χ4v) is 2.91. The highest BCUT2D eigenvalue weighted by atomic mass is 127. The fraction of sp³-hybridized carbons (Fsp3) is 0.409. The molecule has 0 amide bonds. The summed E-state index contributed by atoms with van der Waals surface area (Å²) in [5.74, 6) is 0.767. The van der Waals surface area contributed by atoms with Crippen molar-refractivity contribution in [1.82, 2.24) is 15.5 Å². The van der Waals surface area contributed by atoms with Crippen LogP contribution in [0, 0.1) is 6.92 Å². The number of alkyl halides is 3. The van der Waals surface area contributed by atoms with Crippen LogP contribution in [0.3, 0.4) is 0 Å². The number of guanidine groups is 1. The van der Waals surface area contributed by atoms with Crippen molar-refractivity contribution in [1.29, 1.82) is 0 Å². The van der Waals surface area contributed by atoms with Crippen LogP contribution in [0.1, 0.15) is 22.3 Å². The minimum absolute atomic E-state index is 0. The van der Waals surface area contributed by atoms with Gasteiger partial charge < -0.3 is 20.3 Å². The molecule has 2 aromatic rings. The molecule has 0 unspecified atom stereocenters. The summed E-state index contributed by atoms with van der Waals surface area (Å²) in [6, 6.07) is 13.3. The third-order valence-corrected chi connectivity index (χ3v) is 4.34. The maximum absolute atomic E-state index is 12.5. The first-order valence-electron chi connectivity index (χ1n) is 9.63. The second kappa shape index (κ2) is 12.7. The van der Waals surface area contributed by atoms with Gasteiger partial charge in [0.2, 0.25) is 0 Å². The average Bonchev–Trinajstić information content (AvgIpc) is 2.67. The summed E-state index contributed by atoms with van der Waals surface area (Å²) in [5.41, 5.74) is 3.82. The number of hydrogen-bond donors (Lipinski definition) is 2. The summed E-state index contributed by atoms with van der Waals surface area (Å²) in [5, 5.41) is 6.40. The van der Waals surface area contributed by atoms with Crippen LogP contribution in [0.15, 0.2) is 47.5 Å². The number of aryl methyl sites for hydroxylation is 1. The lowest BCUT2D eigenvalue weighted by Crippen LogP contribution is -2.36. The largest absolute Gasteiger partial charge is 0.484 e. The highest BCUT2D eigenvalue weighted by molar-refractivity contribution is 14.0.